The molecule has 0 unspecified atom stereocenters. The van der Waals surface area contributed by atoms with Crippen LogP contribution in [0.1, 0.15) is 18.1 Å². The lowest BCUT2D eigenvalue weighted by atomic mass is 10.1. The van der Waals surface area contributed by atoms with Crippen molar-refractivity contribution in [2.24, 2.45) is 4.99 Å². The standard InChI is InChI=1S/C12H12F3N/c1-3-8-16-9(2)10-4-6-11(7-5-10)12(13,14)15/h3-7H,1,8H2,2H3. The van der Waals surface area contributed by atoms with Crippen molar-refractivity contribution < 1.29 is 13.2 Å². The molecule has 1 rings (SSSR count). The molecule has 0 amide bonds. The van der Waals surface area contributed by atoms with E-state index in [1.165, 1.54) is 12.1 Å². The Morgan fingerprint density at radius 2 is 1.88 bits per heavy atom. The van der Waals surface area contributed by atoms with Crippen LogP contribution in [0.4, 0.5) is 13.2 Å². The fourth-order valence-electron chi connectivity index (χ4n) is 1.19. The number of halogens is 3. The minimum Gasteiger partial charge on any atom is -0.285 e. The molecule has 16 heavy (non-hydrogen) atoms. The zero-order valence-corrected chi connectivity index (χ0v) is 8.88. The van der Waals surface area contributed by atoms with Gasteiger partial charge in [-0.25, -0.2) is 0 Å². The molecule has 1 aromatic rings. The predicted molar refractivity (Wildman–Crippen MR) is 58.7 cm³/mol. The average molecular weight is 227 g/mol. The van der Waals surface area contributed by atoms with Crippen LogP contribution in [-0.4, -0.2) is 12.3 Å². The van der Waals surface area contributed by atoms with E-state index in [1.54, 1.807) is 13.0 Å². The molecule has 0 heterocycles. The maximum Gasteiger partial charge on any atom is 0.416 e. The van der Waals surface area contributed by atoms with Crippen LogP contribution in [0.15, 0.2) is 41.9 Å². The van der Waals surface area contributed by atoms with Crippen molar-refractivity contribution in [3.8, 4) is 0 Å². The number of alkyl halides is 3. The highest BCUT2D eigenvalue weighted by molar-refractivity contribution is 5.98. The minimum absolute atomic E-state index is 0.465. The number of hydrogen-bond donors (Lipinski definition) is 0. The maximum atomic E-state index is 12.3. The number of nitrogens with zero attached hydrogens (tertiary/aromatic N) is 1. The van der Waals surface area contributed by atoms with Crippen molar-refractivity contribution in [1.82, 2.24) is 0 Å². The Kier molecular flexibility index (Phi) is 3.88. The normalized spacial score (nSPS) is 12.6. The lowest BCUT2D eigenvalue weighted by molar-refractivity contribution is -0.137. The number of hydrogen-bond acceptors (Lipinski definition) is 1. The lowest BCUT2D eigenvalue weighted by Crippen LogP contribution is -2.05. The van der Waals surface area contributed by atoms with Crippen LogP contribution in [0.3, 0.4) is 0 Å². The van der Waals surface area contributed by atoms with Crippen LogP contribution < -0.4 is 0 Å². The summed E-state index contributed by atoms with van der Waals surface area (Å²) in [5, 5.41) is 0. The van der Waals surface area contributed by atoms with E-state index < -0.39 is 11.7 Å². The van der Waals surface area contributed by atoms with Gasteiger partial charge < -0.3 is 0 Å². The van der Waals surface area contributed by atoms with Crippen molar-refractivity contribution >= 4 is 5.71 Å². The van der Waals surface area contributed by atoms with Crippen LogP contribution in [-0.2, 0) is 6.18 Å². The molecule has 0 aliphatic carbocycles. The molecular formula is C12H12F3N. The van der Waals surface area contributed by atoms with Crippen molar-refractivity contribution in [2.45, 2.75) is 13.1 Å². The molecule has 0 N–H and O–H groups in total. The Bertz CT molecular complexity index is 388. The molecule has 0 atom stereocenters. The van der Waals surface area contributed by atoms with Crippen LogP contribution in [0.5, 0.6) is 0 Å². The SMILES string of the molecule is C=CCN=C(C)c1ccc(C(F)(F)F)cc1. The summed E-state index contributed by atoms with van der Waals surface area (Å²) in [5.41, 5.74) is 0.747. The molecule has 0 aromatic heterocycles. The zero-order chi connectivity index (χ0) is 12.2. The molecule has 0 radical (unpaired) electrons. The van der Waals surface area contributed by atoms with Gasteiger partial charge >= 0.3 is 6.18 Å². The largest absolute Gasteiger partial charge is 0.416 e. The highest BCUT2D eigenvalue weighted by atomic mass is 19.4. The molecule has 0 aliphatic rings. The topological polar surface area (TPSA) is 12.4 Å². The highest BCUT2D eigenvalue weighted by Crippen LogP contribution is 2.29. The monoisotopic (exact) mass is 227 g/mol. The van der Waals surface area contributed by atoms with Gasteiger partial charge in [0, 0.05) is 5.71 Å². The lowest BCUT2D eigenvalue weighted by Gasteiger charge is -2.07. The van der Waals surface area contributed by atoms with Crippen molar-refractivity contribution in [2.75, 3.05) is 6.54 Å². The van der Waals surface area contributed by atoms with Gasteiger partial charge in [0.05, 0.1) is 12.1 Å². The van der Waals surface area contributed by atoms with Crippen molar-refractivity contribution in [1.29, 1.82) is 0 Å². The molecule has 1 aromatic carbocycles. The first kappa shape index (κ1) is 12.5. The van der Waals surface area contributed by atoms with Gasteiger partial charge in [0.2, 0.25) is 0 Å². The number of benzene rings is 1. The predicted octanol–water partition coefficient (Wildman–Crippen LogP) is 3.70. The Morgan fingerprint density at radius 1 is 1.31 bits per heavy atom. The first-order valence-corrected chi connectivity index (χ1v) is 4.74. The van der Waals surface area contributed by atoms with E-state index in [0.717, 1.165) is 12.1 Å². The van der Waals surface area contributed by atoms with Crippen molar-refractivity contribution in [3.63, 3.8) is 0 Å². The second-order valence-electron chi connectivity index (χ2n) is 3.29. The van der Waals surface area contributed by atoms with Gasteiger partial charge in [-0.2, -0.15) is 13.2 Å². The summed E-state index contributed by atoms with van der Waals surface area (Å²) in [6.45, 7) is 5.74. The van der Waals surface area contributed by atoms with Crippen molar-refractivity contribution in [3.05, 3.63) is 48.0 Å². The van der Waals surface area contributed by atoms with E-state index in [1.807, 2.05) is 0 Å². The fourth-order valence-corrected chi connectivity index (χ4v) is 1.19. The van der Waals surface area contributed by atoms with E-state index >= 15 is 0 Å². The summed E-state index contributed by atoms with van der Waals surface area (Å²) in [4.78, 5) is 4.12. The van der Waals surface area contributed by atoms with Crippen LogP contribution in [0.25, 0.3) is 0 Å². The zero-order valence-electron chi connectivity index (χ0n) is 8.88. The maximum absolute atomic E-state index is 12.3. The molecule has 0 saturated heterocycles. The first-order chi connectivity index (χ1) is 7.45. The summed E-state index contributed by atoms with van der Waals surface area (Å²) >= 11 is 0. The van der Waals surface area contributed by atoms with E-state index in [0.29, 0.717) is 17.8 Å². The van der Waals surface area contributed by atoms with Gasteiger partial charge in [-0.05, 0) is 24.6 Å². The van der Waals surface area contributed by atoms with E-state index in [2.05, 4.69) is 11.6 Å². The summed E-state index contributed by atoms with van der Waals surface area (Å²) in [7, 11) is 0. The summed E-state index contributed by atoms with van der Waals surface area (Å²) in [6.07, 6.45) is -2.65. The molecule has 4 heteroatoms. The summed E-state index contributed by atoms with van der Waals surface area (Å²) in [6, 6.07) is 4.96. The van der Waals surface area contributed by atoms with Crippen LogP contribution in [0.2, 0.25) is 0 Å². The molecule has 0 aliphatic heterocycles. The smallest absolute Gasteiger partial charge is 0.285 e. The summed E-state index contributed by atoms with van der Waals surface area (Å²) < 4.78 is 36.8. The molecule has 1 nitrogen and oxygen atoms in total. The van der Waals surface area contributed by atoms with Crippen LogP contribution >= 0.6 is 0 Å². The number of rotatable bonds is 3. The molecule has 0 bridgehead atoms. The highest BCUT2D eigenvalue weighted by Gasteiger charge is 2.29. The third-order valence-corrected chi connectivity index (χ3v) is 2.09. The third kappa shape index (κ3) is 3.22. The fraction of sp³-hybridized carbons (Fsp3) is 0.250. The van der Waals surface area contributed by atoms with Gasteiger partial charge in [-0.1, -0.05) is 18.2 Å². The summed E-state index contributed by atoms with van der Waals surface area (Å²) in [5.74, 6) is 0. The quantitative estimate of drug-likeness (QED) is 0.551. The van der Waals surface area contributed by atoms with E-state index in [9.17, 15) is 13.2 Å². The third-order valence-electron chi connectivity index (χ3n) is 2.09. The van der Waals surface area contributed by atoms with Gasteiger partial charge in [0.1, 0.15) is 0 Å². The Morgan fingerprint density at radius 3 is 2.31 bits per heavy atom. The Hall–Kier alpha value is -1.58. The molecule has 0 spiro atoms. The second kappa shape index (κ2) is 4.96. The first-order valence-electron chi connectivity index (χ1n) is 4.74. The molecule has 0 fully saturated rings. The average Bonchev–Trinajstić information content (AvgIpc) is 2.25. The van der Waals surface area contributed by atoms with E-state index in [-0.39, 0.29) is 0 Å². The van der Waals surface area contributed by atoms with Gasteiger partial charge in [0.25, 0.3) is 0 Å². The number of aliphatic imine (C=N–C) groups is 1. The molecular weight excluding hydrogens is 215 g/mol. The van der Waals surface area contributed by atoms with E-state index in [4.69, 9.17) is 0 Å². The minimum atomic E-state index is -4.29. The Balaban J connectivity index is 2.91. The molecule has 86 valence electrons. The Labute approximate surface area is 92.3 Å². The van der Waals surface area contributed by atoms with Gasteiger partial charge in [-0.15, -0.1) is 6.58 Å². The van der Waals surface area contributed by atoms with Gasteiger partial charge in [-0.3, -0.25) is 4.99 Å². The molecule has 0 saturated carbocycles. The van der Waals surface area contributed by atoms with Gasteiger partial charge in [0.15, 0.2) is 0 Å². The van der Waals surface area contributed by atoms with Crippen LogP contribution in [0, 0.1) is 0 Å². The second-order valence-corrected chi connectivity index (χ2v) is 3.29.